The molecule has 0 aromatic heterocycles. The van der Waals surface area contributed by atoms with Gasteiger partial charge in [0.2, 0.25) is 11.8 Å². The topological polar surface area (TPSA) is 62.2 Å². The van der Waals surface area contributed by atoms with Crippen LogP contribution in [0.25, 0.3) is 6.08 Å². The molecule has 0 radical (unpaired) electrons. The summed E-state index contributed by atoms with van der Waals surface area (Å²) >= 11 is 0. The number of ether oxygens (including phenoxy) is 1. The molecular weight excluding hydrogens is 378 g/mol. The highest BCUT2D eigenvalue weighted by Crippen LogP contribution is 2.24. The average molecular weight is 403 g/mol. The van der Waals surface area contributed by atoms with Gasteiger partial charge in [-0.1, -0.05) is 12.1 Å². The molecule has 2 aromatic rings. The fourth-order valence-corrected chi connectivity index (χ4v) is 3.77. The van der Waals surface area contributed by atoms with Gasteiger partial charge in [0.15, 0.2) is 5.70 Å². The van der Waals surface area contributed by atoms with Crippen LogP contribution in [-0.4, -0.2) is 37.4 Å². The SMILES string of the molecule is CCN(CC)c1ccc(C=C2N=C(c3ccc(N4CCCC4=O)cc3)OC2=O)cc1. The van der Waals surface area contributed by atoms with E-state index in [-0.39, 0.29) is 17.5 Å². The second kappa shape index (κ2) is 8.53. The van der Waals surface area contributed by atoms with E-state index >= 15 is 0 Å². The lowest BCUT2D eigenvalue weighted by Crippen LogP contribution is -2.23. The lowest BCUT2D eigenvalue weighted by molar-refractivity contribution is -0.130. The zero-order chi connectivity index (χ0) is 21.1. The molecule has 6 heteroatoms. The normalized spacial score (nSPS) is 17.5. The molecule has 0 saturated carbocycles. The molecule has 0 atom stereocenters. The maximum absolute atomic E-state index is 12.3. The van der Waals surface area contributed by atoms with Gasteiger partial charge >= 0.3 is 5.97 Å². The van der Waals surface area contributed by atoms with Crippen molar-refractivity contribution >= 4 is 35.2 Å². The standard InChI is InChI=1S/C24H25N3O3/c1-3-26(4-2)19-11-7-17(8-12-19)16-21-24(29)30-23(25-21)18-9-13-20(14-10-18)27-15-5-6-22(27)28/h7-14,16H,3-6,15H2,1-2H3. The Hall–Kier alpha value is -3.41. The minimum atomic E-state index is -0.461. The second-order valence-electron chi connectivity index (χ2n) is 7.30. The van der Waals surface area contributed by atoms with Crippen molar-refractivity contribution in [1.82, 2.24) is 0 Å². The van der Waals surface area contributed by atoms with Crippen molar-refractivity contribution in [3.63, 3.8) is 0 Å². The second-order valence-corrected chi connectivity index (χ2v) is 7.30. The van der Waals surface area contributed by atoms with Gasteiger partial charge < -0.3 is 14.5 Å². The molecule has 6 nitrogen and oxygen atoms in total. The fraction of sp³-hybridized carbons (Fsp3) is 0.292. The largest absolute Gasteiger partial charge is 0.402 e. The summed E-state index contributed by atoms with van der Waals surface area (Å²) in [5.41, 5.74) is 3.89. The number of esters is 1. The fourth-order valence-electron chi connectivity index (χ4n) is 3.77. The van der Waals surface area contributed by atoms with Gasteiger partial charge in [-0.15, -0.1) is 0 Å². The number of anilines is 2. The summed E-state index contributed by atoms with van der Waals surface area (Å²) in [6.45, 7) is 6.89. The van der Waals surface area contributed by atoms with Gasteiger partial charge in [0.25, 0.3) is 0 Å². The van der Waals surface area contributed by atoms with Gasteiger partial charge in [0.05, 0.1) is 0 Å². The van der Waals surface area contributed by atoms with Crippen LogP contribution < -0.4 is 9.80 Å². The van der Waals surface area contributed by atoms with E-state index in [0.717, 1.165) is 43.0 Å². The summed E-state index contributed by atoms with van der Waals surface area (Å²) < 4.78 is 5.37. The van der Waals surface area contributed by atoms with E-state index in [1.807, 2.05) is 48.5 Å². The first kappa shape index (κ1) is 19.9. The third kappa shape index (κ3) is 3.99. The lowest BCUT2D eigenvalue weighted by atomic mass is 10.1. The van der Waals surface area contributed by atoms with Crippen LogP contribution in [0, 0.1) is 0 Å². The first-order chi connectivity index (χ1) is 14.6. The van der Waals surface area contributed by atoms with Crippen molar-refractivity contribution in [2.45, 2.75) is 26.7 Å². The van der Waals surface area contributed by atoms with Gasteiger partial charge in [0.1, 0.15) is 0 Å². The first-order valence-electron chi connectivity index (χ1n) is 10.4. The Morgan fingerprint density at radius 1 is 1.03 bits per heavy atom. The molecule has 2 aromatic carbocycles. The van der Waals surface area contributed by atoms with Crippen molar-refractivity contribution < 1.29 is 14.3 Å². The van der Waals surface area contributed by atoms with Crippen LogP contribution in [0.1, 0.15) is 37.8 Å². The van der Waals surface area contributed by atoms with Crippen molar-refractivity contribution in [2.75, 3.05) is 29.4 Å². The maximum Gasteiger partial charge on any atom is 0.363 e. The molecule has 154 valence electrons. The zero-order valence-corrected chi connectivity index (χ0v) is 17.3. The summed E-state index contributed by atoms with van der Waals surface area (Å²) in [5.74, 6) is -0.0356. The lowest BCUT2D eigenvalue weighted by Gasteiger charge is -2.20. The van der Waals surface area contributed by atoms with Crippen molar-refractivity contribution in [3.8, 4) is 0 Å². The first-order valence-corrected chi connectivity index (χ1v) is 10.4. The van der Waals surface area contributed by atoms with Crippen LogP contribution >= 0.6 is 0 Å². The third-order valence-corrected chi connectivity index (χ3v) is 5.44. The Morgan fingerprint density at radius 2 is 1.73 bits per heavy atom. The minimum absolute atomic E-state index is 0.143. The predicted octanol–water partition coefficient (Wildman–Crippen LogP) is 4.00. The zero-order valence-electron chi connectivity index (χ0n) is 17.3. The number of amides is 1. The number of hydrogen-bond acceptors (Lipinski definition) is 5. The van der Waals surface area contributed by atoms with Gasteiger partial charge in [0, 0.05) is 43.0 Å². The number of carbonyl (C=O) groups is 2. The van der Waals surface area contributed by atoms with Crippen LogP contribution in [0.4, 0.5) is 11.4 Å². The molecule has 30 heavy (non-hydrogen) atoms. The van der Waals surface area contributed by atoms with Crippen molar-refractivity contribution in [2.24, 2.45) is 4.99 Å². The quantitative estimate of drug-likeness (QED) is 0.540. The summed E-state index contributed by atoms with van der Waals surface area (Å²) in [7, 11) is 0. The minimum Gasteiger partial charge on any atom is -0.402 e. The molecule has 2 heterocycles. The molecule has 0 aliphatic carbocycles. The molecule has 1 saturated heterocycles. The van der Waals surface area contributed by atoms with Crippen molar-refractivity contribution in [3.05, 3.63) is 65.4 Å². The molecule has 1 amide bonds. The molecule has 0 spiro atoms. The Morgan fingerprint density at radius 3 is 2.33 bits per heavy atom. The Kier molecular flexibility index (Phi) is 5.65. The van der Waals surface area contributed by atoms with Gasteiger partial charge in [-0.25, -0.2) is 9.79 Å². The highest BCUT2D eigenvalue weighted by atomic mass is 16.6. The van der Waals surface area contributed by atoms with E-state index in [1.165, 1.54) is 0 Å². The Labute approximate surface area is 176 Å². The van der Waals surface area contributed by atoms with E-state index in [4.69, 9.17) is 4.74 Å². The molecular formula is C24H25N3O3. The number of aliphatic imine (C=N–C) groups is 1. The monoisotopic (exact) mass is 403 g/mol. The summed E-state index contributed by atoms with van der Waals surface area (Å²) in [6.07, 6.45) is 3.21. The molecule has 2 aliphatic heterocycles. The number of nitrogens with zero attached hydrogens (tertiary/aromatic N) is 3. The number of benzene rings is 2. The van der Waals surface area contributed by atoms with Crippen LogP contribution in [0.2, 0.25) is 0 Å². The van der Waals surface area contributed by atoms with Crippen molar-refractivity contribution in [1.29, 1.82) is 0 Å². The van der Waals surface area contributed by atoms with Gasteiger partial charge in [-0.2, -0.15) is 0 Å². The van der Waals surface area contributed by atoms with Crippen LogP contribution in [0.15, 0.2) is 59.2 Å². The van der Waals surface area contributed by atoms with E-state index < -0.39 is 5.97 Å². The molecule has 2 aliphatic rings. The molecule has 1 fully saturated rings. The van der Waals surface area contributed by atoms with E-state index in [0.29, 0.717) is 12.0 Å². The van der Waals surface area contributed by atoms with E-state index in [1.54, 1.807) is 11.0 Å². The predicted molar refractivity (Wildman–Crippen MR) is 119 cm³/mol. The number of hydrogen-bond donors (Lipinski definition) is 0. The highest BCUT2D eigenvalue weighted by Gasteiger charge is 2.25. The van der Waals surface area contributed by atoms with Gasteiger partial charge in [-0.3, -0.25) is 4.79 Å². The Balaban J connectivity index is 1.52. The molecule has 4 rings (SSSR count). The number of carbonyl (C=O) groups excluding carboxylic acids is 2. The summed E-state index contributed by atoms with van der Waals surface area (Å²) in [4.78, 5) is 32.6. The van der Waals surface area contributed by atoms with E-state index in [9.17, 15) is 9.59 Å². The number of cyclic esters (lactones) is 1. The third-order valence-electron chi connectivity index (χ3n) is 5.44. The van der Waals surface area contributed by atoms with Crippen LogP contribution in [-0.2, 0) is 14.3 Å². The van der Waals surface area contributed by atoms with Crippen LogP contribution in [0.3, 0.4) is 0 Å². The summed E-state index contributed by atoms with van der Waals surface area (Å²) in [5, 5.41) is 0. The maximum atomic E-state index is 12.3. The van der Waals surface area contributed by atoms with E-state index in [2.05, 4.69) is 23.7 Å². The smallest absolute Gasteiger partial charge is 0.363 e. The molecule has 0 unspecified atom stereocenters. The average Bonchev–Trinajstić information content (AvgIpc) is 3.36. The Bertz CT molecular complexity index is 1000. The molecule has 0 bridgehead atoms. The van der Waals surface area contributed by atoms with Crippen LogP contribution in [0.5, 0.6) is 0 Å². The summed E-state index contributed by atoms with van der Waals surface area (Å²) in [6, 6.07) is 15.4. The van der Waals surface area contributed by atoms with Gasteiger partial charge in [-0.05, 0) is 68.3 Å². The highest BCUT2D eigenvalue weighted by molar-refractivity contribution is 6.13. The number of rotatable bonds is 6. The molecule has 0 N–H and O–H groups in total.